The van der Waals surface area contributed by atoms with Crippen LogP contribution in [0.25, 0.3) is 0 Å². The van der Waals surface area contributed by atoms with Crippen molar-refractivity contribution >= 4 is 11.8 Å². The summed E-state index contributed by atoms with van der Waals surface area (Å²) >= 11 is 0. The Labute approximate surface area is 285 Å². The largest absolute Gasteiger partial charge is 0.353 e. The molecule has 0 saturated heterocycles. The molecule has 4 nitrogen and oxygen atoms in total. The van der Waals surface area contributed by atoms with E-state index in [2.05, 4.69) is 34.3 Å². The molecule has 262 valence electrons. The Morgan fingerprint density at radius 2 is 0.674 bits per heavy atom. The van der Waals surface area contributed by atoms with E-state index in [1.807, 2.05) is 0 Å². The van der Waals surface area contributed by atoms with Crippen LogP contribution in [0.4, 0.5) is 0 Å². The van der Waals surface area contributed by atoms with Crippen LogP contribution in [-0.4, -0.2) is 23.9 Å². The zero-order valence-electron chi connectivity index (χ0n) is 30.0. The standard InChI is InChI=1S/C42H72N2O2/c45-41(43-39-33-27-21-15-13-16-22-28-34-39)37-31-25-19-11-9-7-5-3-1-2-4-6-8-10-12-20-26-32-38-42(46)44-40-35-29-23-17-14-18-24-30-36-40/h39-40H,5-38H2,(H,43,45)(H,44,46). The van der Waals surface area contributed by atoms with Crippen LogP contribution in [0.5, 0.6) is 0 Å². The van der Waals surface area contributed by atoms with Crippen molar-refractivity contribution in [3.8, 4) is 23.7 Å². The van der Waals surface area contributed by atoms with Crippen molar-refractivity contribution in [2.45, 2.75) is 230 Å². The highest BCUT2D eigenvalue weighted by Gasteiger charge is 2.14. The second-order valence-electron chi connectivity index (χ2n) is 14.5. The van der Waals surface area contributed by atoms with Crippen LogP contribution in [-0.2, 0) is 9.59 Å². The lowest BCUT2D eigenvalue weighted by atomic mass is 9.97. The molecule has 0 aromatic carbocycles. The normalized spacial score (nSPS) is 17.5. The average Bonchev–Trinajstić information content (AvgIpc) is 3.06. The third-order valence-corrected chi connectivity index (χ3v) is 10.1. The molecule has 2 fully saturated rings. The highest BCUT2D eigenvalue weighted by Crippen LogP contribution is 2.19. The Balaban J connectivity index is 1.33. The van der Waals surface area contributed by atoms with Gasteiger partial charge in [-0.15, -0.1) is 0 Å². The first-order chi connectivity index (χ1) is 22.7. The van der Waals surface area contributed by atoms with E-state index < -0.39 is 0 Å². The summed E-state index contributed by atoms with van der Waals surface area (Å²) in [5.74, 6) is 13.1. The molecule has 0 atom stereocenters. The molecule has 2 saturated carbocycles. The Morgan fingerprint density at radius 3 is 1.02 bits per heavy atom. The quantitative estimate of drug-likeness (QED) is 0.116. The Kier molecular flexibility index (Phi) is 26.6. The van der Waals surface area contributed by atoms with Gasteiger partial charge in [-0.25, -0.2) is 0 Å². The third-order valence-electron chi connectivity index (χ3n) is 10.1. The van der Waals surface area contributed by atoms with Crippen molar-refractivity contribution in [3.05, 3.63) is 0 Å². The number of amides is 2. The maximum Gasteiger partial charge on any atom is 0.220 e. The number of hydrogen-bond donors (Lipinski definition) is 2. The van der Waals surface area contributed by atoms with Gasteiger partial charge in [0, 0.05) is 37.8 Å². The van der Waals surface area contributed by atoms with Crippen molar-refractivity contribution in [1.82, 2.24) is 10.6 Å². The number of rotatable bonds is 18. The van der Waals surface area contributed by atoms with E-state index in [4.69, 9.17) is 0 Å². The van der Waals surface area contributed by atoms with E-state index in [1.165, 1.54) is 154 Å². The molecule has 2 rings (SSSR count). The highest BCUT2D eigenvalue weighted by molar-refractivity contribution is 5.76. The lowest BCUT2D eigenvalue weighted by molar-refractivity contribution is -0.122. The topological polar surface area (TPSA) is 58.2 Å². The van der Waals surface area contributed by atoms with Gasteiger partial charge in [-0.05, 0) is 63.2 Å². The lowest BCUT2D eigenvalue weighted by Gasteiger charge is -2.20. The van der Waals surface area contributed by atoms with Gasteiger partial charge in [-0.1, -0.05) is 153 Å². The zero-order chi connectivity index (χ0) is 32.6. The van der Waals surface area contributed by atoms with Crippen LogP contribution in [0.3, 0.4) is 0 Å². The lowest BCUT2D eigenvalue weighted by Crippen LogP contribution is -2.34. The highest BCUT2D eigenvalue weighted by atomic mass is 16.2. The second-order valence-corrected chi connectivity index (χ2v) is 14.5. The molecule has 0 unspecified atom stereocenters. The van der Waals surface area contributed by atoms with Gasteiger partial charge >= 0.3 is 0 Å². The number of hydrogen-bond acceptors (Lipinski definition) is 2. The van der Waals surface area contributed by atoms with Gasteiger partial charge < -0.3 is 10.6 Å². The molecule has 46 heavy (non-hydrogen) atoms. The molecule has 0 aromatic rings. The van der Waals surface area contributed by atoms with E-state index in [0.717, 1.165) is 51.4 Å². The molecule has 0 heterocycles. The van der Waals surface area contributed by atoms with Crippen LogP contribution in [0.1, 0.15) is 218 Å². The smallest absolute Gasteiger partial charge is 0.220 e. The fourth-order valence-corrected chi connectivity index (χ4v) is 7.13. The summed E-state index contributed by atoms with van der Waals surface area (Å²) in [7, 11) is 0. The van der Waals surface area contributed by atoms with E-state index in [9.17, 15) is 9.59 Å². The van der Waals surface area contributed by atoms with Gasteiger partial charge in [-0.3, -0.25) is 9.59 Å². The first-order valence-corrected chi connectivity index (χ1v) is 20.3. The molecule has 2 N–H and O–H groups in total. The first-order valence-electron chi connectivity index (χ1n) is 20.3. The third kappa shape index (κ3) is 25.2. The monoisotopic (exact) mass is 637 g/mol. The van der Waals surface area contributed by atoms with Crippen molar-refractivity contribution < 1.29 is 9.59 Å². The molecule has 2 amide bonds. The molecular formula is C42H72N2O2. The predicted molar refractivity (Wildman–Crippen MR) is 196 cm³/mol. The van der Waals surface area contributed by atoms with Crippen LogP contribution < -0.4 is 10.6 Å². The second kappa shape index (κ2) is 30.4. The molecule has 2 aliphatic rings. The molecule has 0 aromatic heterocycles. The SMILES string of the molecule is O=C(CCCCCCCCC#CC#CCCCCCCCCC(=O)NC1CCCCCCCCC1)NC1CCCCCCCCC1. The fraction of sp³-hybridized carbons (Fsp3) is 0.857. The summed E-state index contributed by atoms with van der Waals surface area (Å²) in [4.78, 5) is 24.8. The van der Waals surface area contributed by atoms with E-state index in [1.54, 1.807) is 0 Å². The zero-order valence-corrected chi connectivity index (χ0v) is 30.0. The van der Waals surface area contributed by atoms with Crippen LogP contribution in [0.2, 0.25) is 0 Å². The number of carbonyl (C=O) groups excluding carboxylic acids is 2. The molecule has 0 bridgehead atoms. The van der Waals surface area contributed by atoms with Crippen molar-refractivity contribution in [1.29, 1.82) is 0 Å². The number of carbonyl (C=O) groups is 2. The Morgan fingerprint density at radius 1 is 0.391 bits per heavy atom. The summed E-state index contributed by atoms with van der Waals surface area (Å²) in [6.45, 7) is 0. The first kappa shape index (κ1) is 40.2. The van der Waals surface area contributed by atoms with Gasteiger partial charge in [0.25, 0.3) is 0 Å². The van der Waals surface area contributed by atoms with Gasteiger partial charge in [0.2, 0.25) is 11.8 Å². The average molecular weight is 637 g/mol. The number of nitrogens with one attached hydrogen (secondary N) is 2. The van der Waals surface area contributed by atoms with Gasteiger partial charge in [0.1, 0.15) is 0 Å². The van der Waals surface area contributed by atoms with Crippen molar-refractivity contribution in [2.24, 2.45) is 0 Å². The van der Waals surface area contributed by atoms with Gasteiger partial charge in [-0.2, -0.15) is 0 Å². The molecular weight excluding hydrogens is 564 g/mol. The molecule has 0 radical (unpaired) electrons. The molecule has 4 heteroatoms. The molecule has 0 spiro atoms. The van der Waals surface area contributed by atoms with Crippen LogP contribution in [0.15, 0.2) is 0 Å². The van der Waals surface area contributed by atoms with Crippen molar-refractivity contribution in [2.75, 3.05) is 0 Å². The maximum absolute atomic E-state index is 12.4. The summed E-state index contributed by atoms with van der Waals surface area (Å²) in [6.07, 6.45) is 40.7. The van der Waals surface area contributed by atoms with E-state index in [0.29, 0.717) is 24.9 Å². The molecule has 0 aliphatic heterocycles. The van der Waals surface area contributed by atoms with E-state index in [-0.39, 0.29) is 11.8 Å². The Bertz CT molecular complexity index is 784. The summed E-state index contributed by atoms with van der Waals surface area (Å²) in [5.41, 5.74) is 0. The van der Waals surface area contributed by atoms with Crippen LogP contribution >= 0.6 is 0 Å². The Hall–Kier alpha value is -1.94. The summed E-state index contributed by atoms with van der Waals surface area (Å²) in [5, 5.41) is 6.67. The predicted octanol–water partition coefficient (Wildman–Crippen LogP) is 11.3. The minimum atomic E-state index is 0.275. The minimum Gasteiger partial charge on any atom is -0.353 e. The summed E-state index contributed by atoms with van der Waals surface area (Å²) < 4.78 is 0. The number of unbranched alkanes of at least 4 members (excludes halogenated alkanes) is 12. The van der Waals surface area contributed by atoms with E-state index >= 15 is 0 Å². The van der Waals surface area contributed by atoms with Crippen molar-refractivity contribution in [3.63, 3.8) is 0 Å². The minimum absolute atomic E-state index is 0.275. The van der Waals surface area contributed by atoms with Gasteiger partial charge in [0.15, 0.2) is 0 Å². The van der Waals surface area contributed by atoms with Crippen LogP contribution in [0, 0.1) is 23.7 Å². The fourth-order valence-electron chi connectivity index (χ4n) is 7.13. The van der Waals surface area contributed by atoms with Gasteiger partial charge in [0.05, 0.1) is 0 Å². The maximum atomic E-state index is 12.4. The molecule has 2 aliphatic carbocycles. The summed E-state index contributed by atoms with van der Waals surface area (Å²) in [6, 6.07) is 0.831.